The van der Waals surface area contributed by atoms with Crippen LogP contribution in [0.2, 0.25) is 0 Å². The fourth-order valence-electron chi connectivity index (χ4n) is 1.73. The molecule has 0 bridgehead atoms. The normalized spacial score (nSPS) is 12.9. The van der Waals surface area contributed by atoms with Gasteiger partial charge in [0.25, 0.3) is 0 Å². The molecule has 0 saturated carbocycles. The van der Waals surface area contributed by atoms with Crippen LogP contribution in [0.1, 0.15) is 64.2 Å². The molecular formula is C12H24ClO2S-. The topological polar surface area (TPSA) is 40.1 Å². The van der Waals surface area contributed by atoms with E-state index < -0.39 is 11.1 Å². The van der Waals surface area contributed by atoms with E-state index in [0.717, 1.165) is 25.1 Å². The Morgan fingerprint density at radius 2 is 1.12 bits per heavy atom. The van der Waals surface area contributed by atoms with Gasteiger partial charge in [-0.25, -0.2) is 0 Å². The fourth-order valence-corrected chi connectivity index (χ4v) is 2.36. The maximum absolute atomic E-state index is 10.3. The summed E-state index contributed by atoms with van der Waals surface area (Å²) in [4.78, 5) is 0. The molecule has 0 radical (unpaired) electrons. The van der Waals surface area contributed by atoms with E-state index in [2.05, 4.69) is 0 Å². The van der Waals surface area contributed by atoms with Crippen molar-refractivity contribution in [2.24, 2.45) is 0 Å². The highest BCUT2D eigenvalue weighted by atomic mass is 35.5. The van der Waals surface area contributed by atoms with Gasteiger partial charge in [-0.1, -0.05) is 62.4 Å². The first-order valence-electron chi connectivity index (χ1n) is 6.39. The predicted molar refractivity (Wildman–Crippen MR) is 70.7 cm³/mol. The highest BCUT2D eigenvalue weighted by Gasteiger charge is 1.93. The van der Waals surface area contributed by atoms with Crippen LogP contribution < -0.4 is 0 Å². The molecule has 0 fully saturated rings. The molecule has 0 aromatic carbocycles. The zero-order valence-electron chi connectivity index (χ0n) is 10.1. The lowest BCUT2D eigenvalue weighted by molar-refractivity contribution is 0.528. The monoisotopic (exact) mass is 267 g/mol. The third kappa shape index (κ3) is 14.4. The van der Waals surface area contributed by atoms with Gasteiger partial charge in [0.1, 0.15) is 0 Å². The van der Waals surface area contributed by atoms with Crippen LogP contribution in [0, 0.1) is 0 Å². The number of hydrogen-bond acceptors (Lipinski definition) is 2. The molecule has 0 N–H and O–H groups in total. The van der Waals surface area contributed by atoms with Gasteiger partial charge in [-0.3, -0.25) is 4.21 Å². The van der Waals surface area contributed by atoms with E-state index in [9.17, 15) is 8.76 Å². The van der Waals surface area contributed by atoms with Crippen LogP contribution in [-0.2, 0) is 11.1 Å². The Bertz CT molecular complexity index is 165. The second-order valence-electron chi connectivity index (χ2n) is 4.23. The van der Waals surface area contributed by atoms with Crippen molar-refractivity contribution in [3.63, 3.8) is 0 Å². The van der Waals surface area contributed by atoms with Crippen molar-refractivity contribution in [2.45, 2.75) is 64.2 Å². The first-order chi connectivity index (χ1) is 7.77. The summed E-state index contributed by atoms with van der Waals surface area (Å²) in [5, 5.41) is 0. The van der Waals surface area contributed by atoms with Crippen LogP contribution in [0.4, 0.5) is 0 Å². The van der Waals surface area contributed by atoms with Crippen LogP contribution in [0.25, 0.3) is 0 Å². The Labute approximate surface area is 107 Å². The highest BCUT2D eigenvalue weighted by molar-refractivity contribution is 7.79. The Morgan fingerprint density at radius 1 is 0.750 bits per heavy atom. The van der Waals surface area contributed by atoms with E-state index in [1.165, 1.54) is 44.9 Å². The minimum atomic E-state index is -1.84. The number of alkyl halides is 1. The molecule has 16 heavy (non-hydrogen) atoms. The Morgan fingerprint density at radius 3 is 1.50 bits per heavy atom. The van der Waals surface area contributed by atoms with Crippen LogP contribution in [0.3, 0.4) is 0 Å². The van der Waals surface area contributed by atoms with Crippen LogP contribution in [0.15, 0.2) is 0 Å². The molecule has 0 aromatic heterocycles. The van der Waals surface area contributed by atoms with Crippen molar-refractivity contribution >= 4 is 22.7 Å². The molecule has 4 heteroatoms. The summed E-state index contributed by atoms with van der Waals surface area (Å²) in [6.07, 6.45) is 12.0. The summed E-state index contributed by atoms with van der Waals surface area (Å²) in [5.41, 5.74) is 0. The van der Waals surface area contributed by atoms with E-state index in [-0.39, 0.29) is 0 Å². The summed E-state index contributed by atoms with van der Waals surface area (Å²) in [7, 11) is 0. The molecule has 1 atom stereocenters. The molecule has 0 spiro atoms. The van der Waals surface area contributed by atoms with Gasteiger partial charge in [0, 0.05) is 11.6 Å². The molecule has 0 aliphatic rings. The van der Waals surface area contributed by atoms with Crippen molar-refractivity contribution < 1.29 is 8.76 Å². The smallest absolute Gasteiger partial charge is 0.0223 e. The van der Waals surface area contributed by atoms with Crippen molar-refractivity contribution in [1.29, 1.82) is 0 Å². The van der Waals surface area contributed by atoms with E-state index in [0.29, 0.717) is 5.75 Å². The van der Waals surface area contributed by atoms with Crippen molar-refractivity contribution in [3.8, 4) is 0 Å². The average molecular weight is 268 g/mol. The number of rotatable bonds is 12. The van der Waals surface area contributed by atoms with Gasteiger partial charge in [0.2, 0.25) is 0 Å². The molecule has 0 saturated heterocycles. The van der Waals surface area contributed by atoms with Crippen LogP contribution >= 0.6 is 11.6 Å². The van der Waals surface area contributed by atoms with E-state index >= 15 is 0 Å². The summed E-state index contributed by atoms with van der Waals surface area (Å²) in [6.45, 7) is 0. The quantitative estimate of drug-likeness (QED) is 0.305. The third-order valence-electron chi connectivity index (χ3n) is 2.69. The van der Waals surface area contributed by atoms with E-state index in [1.54, 1.807) is 0 Å². The van der Waals surface area contributed by atoms with Crippen LogP contribution in [0.5, 0.6) is 0 Å². The van der Waals surface area contributed by atoms with Gasteiger partial charge >= 0.3 is 0 Å². The van der Waals surface area contributed by atoms with Gasteiger partial charge < -0.3 is 4.55 Å². The van der Waals surface area contributed by atoms with Crippen LogP contribution in [-0.4, -0.2) is 20.4 Å². The standard InChI is InChI=1S/C12H25ClO2S/c13-11-9-7-5-3-1-2-4-6-8-10-12-16(14)15/h1-12H2,(H,14,15)/p-1. The lowest BCUT2D eigenvalue weighted by Crippen LogP contribution is -1.94. The lowest BCUT2D eigenvalue weighted by Gasteiger charge is -2.04. The maximum atomic E-state index is 10.3. The molecule has 0 rings (SSSR count). The maximum Gasteiger partial charge on any atom is 0.0223 e. The zero-order chi connectivity index (χ0) is 12.1. The Balaban J connectivity index is 2.90. The second-order valence-corrected chi connectivity index (χ2v) is 5.63. The minimum absolute atomic E-state index is 0.332. The Hall–Kier alpha value is 0.400. The van der Waals surface area contributed by atoms with Gasteiger partial charge in [-0.15, -0.1) is 11.6 Å². The highest BCUT2D eigenvalue weighted by Crippen LogP contribution is 2.10. The molecule has 0 amide bonds. The SMILES string of the molecule is O=S([O-])CCCCCCCCCCCCCl. The molecular weight excluding hydrogens is 244 g/mol. The number of hydrogen-bond donors (Lipinski definition) is 0. The molecule has 0 aromatic rings. The average Bonchev–Trinajstić information content (AvgIpc) is 2.25. The van der Waals surface area contributed by atoms with E-state index in [4.69, 9.17) is 11.6 Å². The van der Waals surface area contributed by atoms with Crippen molar-refractivity contribution in [3.05, 3.63) is 0 Å². The molecule has 2 nitrogen and oxygen atoms in total. The van der Waals surface area contributed by atoms with Crippen molar-refractivity contribution in [1.82, 2.24) is 0 Å². The zero-order valence-corrected chi connectivity index (χ0v) is 11.7. The largest absolute Gasteiger partial charge is 0.772 e. The minimum Gasteiger partial charge on any atom is -0.772 e. The van der Waals surface area contributed by atoms with Gasteiger partial charge in [-0.05, 0) is 12.8 Å². The Kier molecular flexibility index (Phi) is 13.8. The first-order valence-corrected chi connectivity index (χ1v) is 8.17. The second kappa shape index (κ2) is 13.5. The molecule has 98 valence electrons. The van der Waals surface area contributed by atoms with Gasteiger partial charge in [0.15, 0.2) is 0 Å². The number of halogens is 1. The fraction of sp³-hybridized carbons (Fsp3) is 1.00. The molecule has 0 aliphatic heterocycles. The van der Waals surface area contributed by atoms with Crippen molar-refractivity contribution in [2.75, 3.05) is 11.6 Å². The van der Waals surface area contributed by atoms with Gasteiger partial charge in [0.05, 0.1) is 0 Å². The summed E-state index contributed by atoms with van der Waals surface area (Å²) in [6, 6.07) is 0. The lowest BCUT2D eigenvalue weighted by atomic mass is 10.1. The molecule has 0 aliphatic carbocycles. The third-order valence-corrected chi connectivity index (χ3v) is 3.58. The van der Waals surface area contributed by atoms with Gasteiger partial charge in [-0.2, -0.15) is 0 Å². The molecule has 1 unspecified atom stereocenters. The number of unbranched alkanes of at least 4 members (excludes halogenated alkanes) is 9. The molecule has 0 heterocycles. The van der Waals surface area contributed by atoms with E-state index in [1.807, 2.05) is 0 Å². The predicted octanol–water partition coefficient (Wildman–Crippen LogP) is 4.01. The summed E-state index contributed by atoms with van der Waals surface area (Å²) < 4.78 is 20.5. The first kappa shape index (κ1) is 16.4. The summed E-state index contributed by atoms with van der Waals surface area (Å²) in [5.74, 6) is 1.12. The summed E-state index contributed by atoms with van der Waals surface area (Å²) >= 11 is 3.75.